The minimum absolute atomic E-state index is 0.140. The molecule has 2 aromatic carbocycles. The minimum atomic E-state index is -1.40. The van der Waals surface area contributed by atoms with E-state index in [9.17, 15) is 24.8 Å². The lowest BCUT2D eigenvalue weighted by atomic mass is 10.1. The van der Waals surface area contributed by atoms with E-state index in [0.29, 0.717) is 11.9 Å². The predicted octanol–water partition coefficient (Wildman–Crippen LogP) is 3.41. The second-order valence-corrected chi connectivity index (χ2v) is 6.21. The molecule has 3 rings (SSSR count). The number of fused-ring (bicyclic) bond motifs is 1. The van der Waals surface area contributed by atoms with Crippen molar-refractivity contribution in [1.82, 2.24) is 4.57 Å². The van der Waals surface area contributed by atoms with E-state index in [4.69, 9.17) is 0 Å². The molecule has 3 aromatic rings. The Balaban J connectivity index is 2.10. The van der Waals surface area contributed by atoms with Crippen LogP contribution < -0.4 is 5.56 Å². The topological polar surface area (TPSA) is 102 Å². The van der Waals surface area contributed by atoms with Crippen LogP contribution in [0.5, 0.6) is 0 Å². The van der Waals surface area contributed by atoms with Crippen molar-refractivity contribution in [3.8, 4) is 0 Å². The first-order chi connectivity index (χ1) is 12.9. The van der Waals surface area contributed by atoms with Gasteiger partial charge >= 0.3 is 5.97 Å². The highest BCUT2D eigenvalue weighted by molar-refractivity contribution is 5.96. The Bertz CT molecular complexity index is 1080. The Morgan fingerprint density at radius 2 is 1.81 bits per heavy atom. The van der Waals surface area contributed by atoms with E-state index in [1.165, 1.54) is 22.3 Å². The van der Waals surface area contributed by atoms with Crippen LogP contribution in [0.4, 0.5) is 5.69 Å². The lowest BCUT2D eigenvalue weighted by Crippen LogP contribution is -2.27. The van der Waals surface area contributed by atoms with E-state index in [-0.39, 0.29) is 17.6 Å². The number of hydrogen-bond donors (Lipinski definition) is 1. The number of aromatic nitrogens is 1. The summed E-state index contributed by atoms with van der Waals surface area (Å²) in [5, 5.41) is 20.8. The predicted molar refractivity (Wildman–Crippen MR) is 101 cm³/mol. The number of nitro benzene ring substituents is 1. The largest absolute Gasteiger partial charge is 0.477 e. The molecule has 7 heteroatoms. The van der Waals surface area contributed by atoms with Gasteiger partial charge in [0.2, 0.25) is 0 Å². The molecule has 0 aliphatic carbocycles. The molecule has 0 spiro atoms. The van der Waals surface area contributed by atoms with Gasteiger partial charge in [0.15, 0.2) is 0 Å². The zero-order valence-electron chi connectivity index (χ0n) is 14.7. The van der Waals surface area contributed by atoms with Crippen LogP contribution in [0.15, 0.2) is 53.3 Å². The van der Waals surface area contributed by atoms with Gasteiger partial charge in [0.05, 0.1) is 15.8 Å². The molecule has 0 bridgehead atoms. The Morgan fingerprint density at radius 3 is 2.41 bits per heavy atom. The van der Waals surface area contributed by atoms with Gasteiger partial charge in [0, 0.05) is 12.6 Å². The first kappa shape index (κ1) is 18.3. The van der Waals surface area contributed by atoms with Crippen LogP contribution in [0.1, 0.15) is 28.4 Å². The van der Waals surface area contributed by atoms with E-state index in [1.807, 2.05) is 24.3 Å². The number of carboxylic acid groups (broad SMARTS) is 1. The maximum atomic E-state index is 12.6. The number of rotatable bonds is 6. The maximum Gasteiger partial charge on any atom is 0.341 e. The normalized spacial score (nSPS) is 10.9. The maximum absolute atomic E-state index is 12.6. The van der Waals surface area contributed by atoms with Gasteiger partial charge in [-0.15, -0.1) is 0 Å². The van der Waals surface area contributed by atoms with Gasteiger partial charge in [-0.2, -0.15) is 0 Å². The number of pyridine rings is 1. The van der Waals surface area contributed by atoms with Gasteiger partial charge in [-0.1, -0.05) is 37.3 Å². The molecule has 1 aromatic heterocycles. The van der Waals surface area contributed by atoms with Crippen molar-refractivity contribution in [2.24, 2.45) is 0 Å². The van der Waals surface area contributed by atoms with Crippen molar-refractivity contribution in [3.63, 3.8) is 0 Å². The van der Waals surface area contributed by atoms with Crippen LogP contribution in [0.2, 0.25) is 0 Å². The van der Waals surface area contributed by atoms with Gasteiger partial charge < -0.3 is 9.67 Å². The average Bonchev–Trinajstić information content (AvgIpc) is 2.66. The summed E-state index contributed by atoms with van der Waals surface area (Å²) in [7, 11) is 0. The highest BCUT2D eigenvalue weighted by Crippen LogP contribution is 2.25. The molecule has 0 saturated heterocycles. The smallest absolute Gasteiger partial charge is 0.341 e. The van der Waals surface area contributed by atoms with Crippen molar-refractivity contribution in [2.75, 3.05) is 0 Å². The standard InChI is InChI=1S/C20H18N2O5/c1-2-13-6-8-14(9-7-13)10-11-21-17-4-3-5-18(22(26)27)15(17)12-16(19(21)23)20(24)25/h3-9,12H,2,10-11H2,1H3,(H,24,25). The molecule has 0 fully saturated rings. The third kappa shape index (κ3) is 3.57. The molecule has 0 unspecified atom stereocenters. The molecule has 0 radical (unpaired) electrons. The Kier molecular flexibility index (Phi) is 5.03. The molecule has 7 nitrogen and oxygen atoms in total. The van der Waals surface area contributed by atoms with Gasteiger partial charge in [0.25, 0.3) is 11.2 Å². The fourth-order valence-corrected chi connectivity index (χ4v) is 3.10. The van der Waals surface area contributed by atoms with Crippen LogP contribution in [-0.4, -0.2) is 20.6 Å². The van der Waals surface area contributed by atoms with Crippen LogP contribution in [0.25, 0.3) is 10.9 Å². The Morgan fingerprint density at radius 1 is 1.15 bits per heavy atom. The zero-order chi connectivity index (χ0) is 19.6. The molecule has 27 heavy (non-hydrogen) atoms. The first-order valence-corrected chi connectivity index (χ1v) is 8.54. The number of hydrogen-bond acceptors (Lipinski definition) is 4. The molecular formula is C20H18N2O5. The van der Waals surface area contributed by atoms with E-state index in [0.717, 1.165) is 18.1 Å². The van der Waals surface area contributed by atoms with E-state index < -0.39 is 22.0 Å². The minimum Gasteiger partial charge on any atom is -0.477 e. The molecule has 0 amide bonds. The summed E-state index contributed by atoms with van der Waals surface area (Å²) < 4.78 is 1.31. The number of carboxylic acids is 1. The summed E-state index contributed by atoms with van der Waals surface area (Å²) in [4.78, 5) is 34.8. The number of aromatic carboxylic acids is 1. The van der Waals surface area contributed by atoms with Crippen molar-refractivity contribution >= 4 is 22.6 Å². The third-order valence-electron chi connectivity index (χ3n) is 4.60. The number of nitrogens with zero attached hydrogens (tertiary/aromatic N) is 2. The number of non-ortho nitro benzene ring substituents is 1. The van der Waals surface area contributed by atoms with Crippen molar-refractivity contribution in [2.45, 2.75) is 26.3 Å². The van der Waals surface area contributed by atoms with E-state index in [2.05, 4.69) is 6.92 Å². The highest BCUT2D eigenvalue weighted by atomic mass is 16.6. The number of benzene rings is 2. The van der Waals surface area contributed by atoms with Gasteiger partial charge in [-0.3, -0.25) is 14.9 Å². The summed E-state index contributed by atoms with van der Waals surface area (Å²) in [5.74, 6) is -1.40. The van der Waals surface area contributed by atoms with Crippen LogP contribution >= 0.6 is 0 Å². The second kappa shape index (κ2) is 7.41. The summed E-state index contributed by atoms with van der Waals surface area (Å²) in [6, 6.07) is 13.4. The molecular weight excluding hydrogens is 348 g/mol. The van der Waals surface area contributed by atoms with Crippen molar-refractivity contribution in [1.29, 1.82) is 0 Å². The molecule has 138 valence electrons. The molecule has 0 aliphatic heterocycles. The van der Waals surface area contributed by atoms with Gasteiger partial charge in [-0.25, -0.2) is 4.79 Å². The summed E-state index contributed by atoms with van der Waals surface area (Å²) in [6.45, 7) is 2.29. The highest BCUT2D eigenvalue weighted by Gasteiger charge is 2.20. The number of aryl methyl sites for hydroxylation is 3. The molecule has 1 N–H and O–H groups in total. The molecule has 0 aliphatic rings. The molecule has 0 saturated carbocycles. The monoisotopic (exact) mass is 366 g/mol. The lowest BCUT2D eigenvalue weighted by Gasteiger charge is -2.12. The lowest BCUT2D eigenvalue weighted by molar-refractivity contribution is -0.383. The van der Waals surface area contributed by atoms with Crippen molar-refractivity contribution in [3.05, 3.63) is 85.7 Å². The van der Waals surface area contributed by atoms with Gasteiger partial charge in [0.1, 0.15) is 5.56 Å². The second-order valence-electron chi connectivity index (χ2n) is 6.21. The SMILES string of the molecule is CCc1ccc(CCn2c(=O)c(C(=O)O)cc3c([N+](=O)[O-])cccc32)cc1. The fourth-order valence-electron chi connectivity index (χ4n) is 3.10. The van der Waals surface area contributed by atoms with Gasteiger partial charge in [-0.05, 0) is 36.1 Å². The Labute approximate surface area is 154 Å². The van der Waals surface area contributed by atoms with Crippen LogP contribution in [0.3, 0.4) is 0 Å². The quantitative estimate of drug-likeness (QED) is 0.532. The number of nitro groups is 1. The summed E-state index contributed by atoms with van der Waals surface area (Å²) >= 11 is 0. The summed E-state index contributed by atoms with van der Waals surface area (Å²) in [5.41, 5.74) is 1.18. The van der Waals surface area contributed by atoms with Crippen molar-refractivity contribution < 1.29 is 14.8 Å². The van der Waals surface area contributed by atoms with Crippen LogP contribution in [0, 0.1) is 10.1 Å². The number of carbonyl (C=O) groups is 1. The Hall–Kier alpha value is -3.48. The fraction of sp³-hybridized carbons (Fsp3) is 0.200. The van der Waals surface area contributed by atoms with Crippen LogP contribution in [-0.2, 0) is 19.4 Å². The zero-order valence-corrected chi connectivity index (χ0v) is 14.7. The summed E-state index contributed by atoms with van der Waals surface area (Å²) in [6.07, 6.45) is 1.43. The molecule has 0 atom stereocenters. The average molecular weight is 366 g/mol. The van der Waals surface area contributed by atoms with E-state index >= 15 is 0 Å². The first-order valence-electron chi connectivity index (χ1n) is 8.54. The third-order valence-corrected chi connectivity index (χ3v) is 4.60. The molecule has 1 heterocycles. The van der Waals surface area contributed by atoms with E-state index in [1.54, 1.807) is 6.07 Å².